The van der Waals surface area contributed by atoms with E-state index in [-0.39, 0.29) is 11.9 Å². The number of aliphatic imine (C=N–C) groups is 1. The molecular formula is C19H38N6O2. The van der Waals surface area contributed by atoms with E-state index in [4.69, 9.17) is 4.74 Å². The lowest BCUT2D eigenvalue weighted by Gasteiger charge is -2.36. The highest BCUT2D eigenvalue weighted by molar-refractivity contribution is 5.80. The summed E-state index contributed by atoms with van der Waals surface area (Å²) < 4.78 is 5.42. The smallest absolute Gasteiger partial charge is 0.234 e. The van der Waals surface area contributed by atoms with Gasteiger partial charge in [0.2, 0.25) is 5.91 Å². The number of ether oxygens (including phenoxy) is 1. The van der Waals surface area contributed by atoms with E-state index in [1.54, 1.807) is 0 Å². The molecule has 1 atom stereocenters. The lowest BCUT2D eigenvalue weighted by molar-refractivity contribution is -0.123. The summed E-state index contributed by atoms with van der Waals surface area (Å²) in [6.45, 7) is 16.1. The van der Waals surface area contributed by atoms with Crippen LogP contribution in [0.3, 0.4) is 0 Å². The fraction of sp³-hybridized carbons (Fsp3) is 0.895. The van der Waals surface area contributed by atoms with Gasteiger partial charge in [-0.3, -0.25) is 19.6 Å². The van der Waals surface area contributed by atoms with Crippen LogP contribution in [-0.4, -0.2) is 112 Å². The fourth-order valence-corrected chi connectivity index (χ4v) is 3.58. The Morgan fingerprint density at radius 2 is 1.70 bits per heavy atom. The minimum atomic E-state index is 0.109. The van der Waals surface area contributed by atoms with Crippen molar-refractivity contribution >= 4 is 11.9 Å². The highest BCUT2D eigenvalue weighted by Crippen LogP contribution is 2.05. The number of nitrogens with zero attached hydrogens (tertiary/aromatic N) is 4. The third-order valence-electron chi connectivity index (χ3n) is 4.98. The third-order valence-corrected chi connectivity index (χ3v) is 4.98. The average molecular weight is 383 g/mol. The lowest BCUT2D eigenvalue weighted by Crippen LogP contribution is -2.54. The van der Waals surface area contributed by atoms with Crippen molar-refractivity contribution in [3.05, 3.63) is 0 Å². The quantitative estimate of drug-likeness (QED) is 0.464. The summed E-state index contributed by atoms with van der Waals surface area (Å²) in [5.41, 5.74) is 0. The summed E-state index contributed by atoms with van der Waals surface area (Å²) in [4.78, 5) is 23.3. The number of rotatable bonds is 7. The van der Waals surface area contributed by atoms with Gasteiger partial charge in [-0.1, -0.05) is 6.92 Å². The molecule has 2 N–H and O–H groups in total. The van der Waals surface area contributed by atoms with Gasteiger partial charge in [0.25, 0.3) is 0 Å². The van der Waals surface area contributed by atoms with E-state index >= 15 is 0 Å². The van der Waals surface area contributed by atoms with Crippen molar-refractivity contribution < 1.29 is 9.53 Å². The number of guanidine groups is 1. The molecule has 8 heteroatoms. The lowest BCUT2D eigenvalue weighted by atomic mass is 10.1. The van der Waals surface area contributed by atoms with Crippen LogP contribution >= 0.6 is 0 Å². The molecule has 2 heterocycles. The van der Waals surface area contributed by atoms with Gasteiger partial charge < -0.3 is 20.3 Å². The highest BCUT2D eigenvalue weighted by Gasteiger charge is 2.22. The Kier molecular flexibility index (Phi) is 9.30. The molecule has 27 heavy (non-hydrogen) atoms. The zero-order valence-corrected chi connectivity index (χ0v) is 17.5. The number of nitrogens with one attached hydrogen (secondary N) is 2. The molecule has 156 valence electrons. The molecule has 2 rings (SSSR count). The van der Waals surface area contributed by atoms with Crippen LogP contribution < -0.4 is 10.6 Å². The Morgan fingerprint density at radius 3 is 2.30 bits per heavy atom. The van der Waals surface area contributed by atoms with Gasteiger partial charge in [-0.15, -0.1) is 0 Å². The summed E-state index contributed by atoms with van der Waals surface area (Å²) in [6.07, 6.45) is 0. The first-order valence-corrected chi connectivity index (χ1v) is 10.3. The number of morpholine rings is 1. The van der Waals surface area contributed by atoms with Crippen LogP contribution in [0, 0.1) is 5.92 Å². The Balaban J connectivity index is 1.68. The summed E-state index contributed by atoms with van der Waals surface area (Å²) in [7, 11) is 1.84. The van der Waals surface area contributed by atoms with Crippen LogP contribution in [0.25, 0.3) is 0 Å². The van der Waals surface area contributed by atoms with Crippen LogP contribution in [-0.2, 0) is 9.53 Å². The largest absolute Gasteiger partial charge is 0.379 e. The van der Waals surface area contributed by atoms with Crippen molar-refractivity contribution in [3.8, 4) is 0 Å². The molecule has 1 unspecified atom stereocenters. The van der Waals surface area contributed by atoms with Gasteiger partial charge in [0.05, 0.1) is 19.8 Å². The van der Waals surface area contributed by atoms with Gasteiger partial charge in [0.15, 0.2) is 5.96 Å². The molecule has 0 aromatic heterocycles. The van der Waals surface area contributed by atoms with Gasteiger partial charge >= 0.3 is 0 Å². The van der Waals surface area contributed by atoms with E-state index in [1.807, 2.05) is 20.9 Å². The SMILES string of the molecule is CN=C(NCC(C)CN1CCOCC1)N1CCN(CC(=O)NC(C)C)CC1. The summed E-state index contributed by atoms with van der Waals surface area (Å²) in [5.74, 6) is 1.63. The van der Waals surface area contributed by atoms with Crippen LogP contribution in [0.4, 0.5) is 0 Å². The average Bonchev–Trinajstić information content (AvgIpc) is 2.63. The Bertz CT molecular complexity index is 471. The molecule has 0 aromatic carbocycles. The second kappa shape index (κ2) is 11.5. The minimum absolute atomic E-state index is 0.109. The third kappa shape index (κ3) is 8.02. The molecule has 0 saturated carbocycles. The zero-order chi connectivity index (χ0) is 19.6. The standard InChI is InChI=1S/C19H38N6O2/c1-16(2)22-18(26)15-23-5-7-25(8-6-23)19(20-4)21-13-17(3)14-24-9-11-27-12-10-24/h16-17H,5-15H2,1-4H3,(H,20,21)(H,22,26). The molecular weight excluding hydrogens is 344 g/mol. The predicted molar refractivity (Wildman–Crippen MR) is 109 cm³/mol. The molecule has 8 nitrogen and oxygen atoms in total. The second-order valence-corrected chi connectivity index (χ2v) is 7.93. The van der Waals surface area contributed by atoms with Crippen molar-refractivity contribution in [3.63, 3.8) is 0 Å². The molecule has 0 spiro atoms. The van der Waals surface area contributed by atoms with E-state index in [0.717, 1.165) is 71.5 Å². The molecule has 1 amide bonds. The molecule has 2 aliphatic heterocycles. The van der Waals surface area contributed by atoms with E-state index in [0.29, 0.717) is 12.5 Å². The molecule has 0 radical (unpaired) electrons. The van der Waals surface area contributed by atoms with Gasteiger partial charge in [-0.05, 0) is 19.8 Å². The molecule has 0 aromatic rings. The number of hydrogen-bond acceptors (Lipinski definition) is 5. The first kappa shape index (κ1) is 21.9. The highest BCUT2D eigenvalue weighted by atomic mass is 16.5. The number of hydrogen-bond donors (Lipinski definition) is 2. The van der Waals surface area contributed by atoms with Crippen LogP contribution in [0.5, 0.6) is 0 Å². The van der Waals surface area contributed by atoms with Crippen molar-refractivity contribution in [2.45, 2.75) is 26.8 Å². The maximum Gasteiger partial charge on any atom is 0.234 e. The summed E-state index contributed by atoms with van der Waals surface area (Å²) in [5, 5.41) is 6.49. The fourth-order valence-electron chi connectivity index (χ4n) is 3.58. The number of amides is 1. The van der Waals surface area contributed by atoms with E-state index in [1.165, 1.54) is 0 Å². The van der Waals surface area contributed by atoms with E-state index in [2.05, 4.69) is 37.2 Å². The second-order valence-electron chi connectivity index (χ2n) is 7.93. The van der Waals surface area contributed by atoms with Crippen LogP contribution in [0.2, 0.25) is 0 Å². The van der Waals surface area contributed by atoms with Crippen LogP contribution in [0.1, 0.15) is 20.8 Å². The van der Waals surface area contributed by atoms with Gasteiger partial charge in [-0.25, -0.2) is 0 Å². The maximum atomic E-state index is 11.9. The number of carbonyl (C=O) groups excluding carboxylic acids is 1. The normalized spacial score (nSPS) is 21.4. The first-order chi connectivity index (χ1) is 13.0. The van der Waals surface area contributed by atoms with E-state index < -0.39 is 0 Å². The number of piperazine rings is 1. The van der Waals surface area contributed by atoms with Crippen molar-refractivity contribution in [2.24, 2.45) is 10.9 Å². The Morgan fingerprint density at radius 1 is 1.04 bits per heavy atom. The summed E-state index contributed by atoms with van der Waals surface area (Å²) >= 11 is 0. The minimum Gasteiger partial charge on any atom is -0.379 e. The monoisotopic (exact) mass is 382 g/mol. The van der Waals surface area contributed by atoms with Crippen molar-refractivity contribution in [1.29, 1.82) is 0 Å². The van der Waals surface area contributed by atoms with Crippen LogP contribution in [0.15, 0.2) is 4.99 Å². The predicted octanol–water partition coefficient (Wildman–Crippen LogP) is -0.328. The van der Waals surface area contributed by atoms with Gasteiger partial charge in [0, 0.05) is 65.4 Å². The zero-order valence-electron chi connectivity index (χ0n) is 17.5. The first-order valence-electron chi connectivity index (χ1n) is 10.3. The van der Waals surface area contributed by atoms with Gasteiger partial charge in [0.1, 0.15) is 0 Å². The molecule has 2 aliphatic rings. The topological polar surface area (TPSA) is 72.4 Å². The van der Waals surface area contributed by atoms with Crippen molar-refractivity contribution in [1.82, 2.24) is 25.3 Å². The van der Waals surface area contributed by atoms with Crippen molar-refractivity contribution in [2.75, 3.05) is 79.2 Å². The summed E-state index contributed by atoms with van der Waals surface area (Å²) in [6, 6.07) is 0.196. The molecule has 2 fully saturated rings. The van der Waals surface area contributed by atoms with Gasteiger partial charge in [-0.2, -0.15) is 0 Å². The maximum absolute atomic E-state index is 11.9. The molecule has 0 bridgehead atoms. The van der Waals surface area contributed by atoms with E-state index in [9.17, 15) is 4.79 Å². The molecule has 2 saturated heterocycles. The number of carbonyl (C=O) groups is 1. The molecule has 0 aliphatic carbocycles. The Labute approximate surface area is 164 Å². The Hall–Kier alpha value is -1.38.